The average molecular weight is 446 g/mol. The predicted molar refractivity (Wildman–Crippen MR) is 122 cm³/mol. The van der Waals surface area contributed by atoms with Crippen LogP contribution in [0.4, 0.5) is 0 Å². The van der Waals surface area contributed by atoms with Gasteiger partial charge in [-0.25, -0.2) is 12.7 Å². The van der Waals surface area contributed by atoms with E-state index < -0.39 is 28.3 Å². The van der Waals surface area contributed by atoms with Crippen molar-refractivity contribution in [3.05, 3.63) is 29.5 Å². The van der Waals surface area contributed by atoms with Crippen LogP contribution in [0.15, 0.2) is 18.3 Å². The summed E-state index contributed by atoms with van der Waals surface area (Å²) in [5.41, 5.74) is 2.37. The molecule has 2 aliphatic heterocycles. The molecule has 1 aromatic heterocycles. The Kier molecular flexibility index (Phi) is 5.61. The fraction of sp³-hybridized carbons (Fsp3) is 0.591. The molecule has 4 rings (SSSR count). The standard InChI is InChI=1S/C22H31BN2O5S/c1-6-31(27,28)25-9-7-15(8-10-25)19-13-24-20-16(14-26)11-17(12-18(19)20)23-29-21(2,3)22(4,5)30-23/h11-15,24H,6-10H2,1-5H3. The number of nitrogens with zero attached hydrogens (tertiary/aromatic N) is 1. The van der Waals surface area contributed by atoms with Gasteiger partial charge in [0, 0.05) is 30.2 Å². The summed E-state index contributed by atoms with van der Waals surface area (Å²) in [6.07, 6.45) is 4.32. The third-order valence-corrected chi connectivity index (χ3v) is 9.06. The van der Waals surface area contributed by atoms with Gasteiger partial charge in [-0.15, -0.1) is 0 Å². The van der Waals surface area contributed by atoms with E-state index in [9.17, 15) is 13.2 Å². The van der Waals surface area contributed by atoms with Crippen molar-refractivity contribution < 1.29 is 22.5 Å². The van der Waals surface area contributed by atoms with Crippen molar-refractivity contribution in [2.45, 2.75) is 64.6 Å². The summed E-state index contributed by atoms with van der Waals surface area (Å²) in [6, 6.07) is 3.87. The SMILES string of the molecule is CCS(=O)(=O)N1CCC(c2c[nH]c3c(C=O)cc(B4OC(C)(C)C(C)(C)O4)cc23)CC1. The molecule has 0 radical (unpaired) electrons. The number of rotatable bonds is 5. The van der Waals surface area contributed by atoms with Crippen LogP contribution in [0.2, 0.25) is 0 Å². The monoisotopic (exact) mass is 446 g/mol. The Balaban J connectivity index is 1.67. The summed E-state index contributed by atoms with van der Waals surface area (Å²) in [5, 5.41) is 0.978. The maximum atomic E-state index is 12.2. The summed E-state index contributed by atoms with van der Waals surface area (Å²) < 4.78 is 38.4. The predicted octanol–water partition coefficient (Wildman–Crippen LogP) is 2.81. The number of H-pyrrole nitrogens is 1. The second-order valence-electron chi connectivity index (χ2n) is 9.56. The molecule has 2 aromatic rings. The number of fused-ring (bicyclic) bond motifs is 1. The van der Waals surface area contributed by atoms with E-state index in [0.29, 0.717) is 18.7 Å². The highest BCUT2D eigenvalue weighted by Gasteiger charge is 2.51. The van der Waals surface area contributed by atoms with Crippen LogP contribution in [0.1, 0.15) is 69.3 Å². The van der Waals surface area contributed by atoms with Crippen LogP contribution in [0.25, 0.3) is 10.9 Å². The lowest BCUT2D eigenvalue weighted by Gasteiger charge is -2.32. The van der Waals surface area contributed by atoms with Gasteiger partial charge in [0.25, 0.3) is 0 Å². The molecule has 0 amide bonds. The van der Waals surface area contributed by atoms with Crippen LogP contribution < -0.4 is 5.46 Å². The number of sulfonamides is 1. The smallest absolute Gasteiger partial charge is 0.399 e. The maximum Gasteiger partial charge on any atom is 0.494 e. The molecule has 9 heteroatoms. The van der Waals surface area contributed by atoms with Gasteiger partial charge in [0.2, 0.25) is 10.0 Å². The van der Waals surface area contributed by atoms with E-state index in [0.717, 1.165) is 41.1 Å². The first-order valence-corrected chi connectivity index (χ1v) is 12.5. The fourth-order valence-corrected chi connectivity index (χ4v) is 5.61. The molecule has 1 N–H and O–H groups in total. The van der Waals surface area contributed by atoms with E-state index in [2.05, 4.69) is 4.98 Å². The van der Waals surface area contributed by atoms with Crippen LogP contribution in [-0.4, -0.2) is 61.2 Å². The van der Waals surface area contributed by atoms with Crippen LogP contribution >= 0.6 is 0 Å². The topological polar surface area (TPSA) is 88.7 Å². The average Bonchev–Trinajstić information content (AvgIpc) is 3.25. The molecule has 0 atom stereocenters. The van der Waals surface area contributed by atoms with E-state index in [1.54, 1.807) is 11.2 Å². The first kappa shape index (κ1) is 22.5. The van der Waals surface area contributed by atoms with E-state index >= 15 is 0 Å². The molecule has 1 aromatic carbocycles. The number of benzene rings is 1. The molecular formula is C22H31BN2O5S. The van der Waals surface area contributed by atoms with Crippen LogP contribution in [-0.2, 0) is 19.3 Å². The van der Waals surface area contributed by atoms with Gasteiger partial charge in [0.05, 0.1) is 22.5 Å². The Labute approximate surface area is 184 Å². The minimum atomic E-state index is -3.16. The van der Waals surface area contributed by atoms with Crippen molar-refractivity contribution in [2.75, 3.05) is 18.8 Å². The number of hydrogen-bond donors (Lipinski definition) is 1. The first-order valence-electron chi connectivity index (χ1n) is 10.9. The highest BCUT2D eigenvalue weighted by molar-refractivity contribution is 7.89. The summed E-state index contributed by atoms with van der Waals surface area (Å²) in [7, 11) is -3.71. The Morgan fingerprint density at radius 3 is 2.32 bits per heavy atom. The molecule has 168 valence electrons. The van der Waals surface area contributed by atoms with Gasteiger partial charge in [-0.05, 0) is 70.5 Å². The second-order valence-corrected chi connectivity index (χ2v) is 11.8. The number of aromatic amines is 1. The van der Waals surface area contributed by atoms with Crippen molar-refractivity contribution in [3.63, 3.8) is 0 Å². The number of aldehydes is 1. The Morgan fingerprint density at radius 1 is 1.16 bits per heavy atom. The maximum absolute atomic E-state index is 12.2. The van der Waals surface area contributed by atoms with Crippen molar-refractivity contribution in [2.24, 2.45) is 0 Å². The lowest BCUT2D eigenvalue weighted by molar-refractivity contribution is 0.00578. The summed E-state index contributed by atoms with van der Waals surface area (Å²) in [4.78, 5) is 15.1. The third kappa shape index (κ3) is 3.86. The molecule has 0 bridgehead atoms. The molecule has 2 aliphatic rings. The van der Waals surface area contributed by atoms with E-state index in [4.69, 9.17) is 9.31 Å². The van der Waals surface area contributed by atoms with Gasteiger partial charge in [0.15, 0.2) is 6.29 Å². The summed E-state index contributed by atoms with van der Waals surface area (Å²) in [6.45, 7) is 10.7. The minimum absolute atomic E-state index is 0.130. The van der Waals surface area contributed by atoms with E-state index in [1.165, 1.54) is 0 Å². The van der Waals surface area contributed by atoms with E-state index in [1.807, 2.05) is 46.0 Å². The van der Waals surface area contributed by atoms with Gasteiger partial charge in [0.1, 0.15) is 0 Å². The minimum Gasteiger partial charge on any atom is -0.399 e. The largest absolute Gasteiger partial charge is 0.494 e. The van der Waals surface area contributed by atoms with Gasteiger partial charge >= 0.3 is 7.12 Å². The summed E-state index contributed by atoms with van der Waals surface area (Å²) >= 11 is 0. The van der Waals surface area contributed by atoms with Crippen molar-refractivity contribution in [1.29, 1.82) is 0 Å². The molecule has 2 saturated heterocycles. The van der Waals surface area contributed by atoms with Gasteiger partial charge < -0.3 is 14.3 Å². The normalized spacial score (nSPS) is 22.3. The Hall–Kier alpha value is -1.68. The molecule has 0 aliphatic carbocycles. The van der Waals surface area contributed by atoms with Crippen molar-refractivity contribution in [3.8, 4) is 0 Å². The zero-order valence-electron chi connectivity index (χ0n) is 18.9. The number of nitrogens with one attached hydrogen (secondary N) is 1. The van der Waals surface area contributed by atoms with Crippen molar-refractivity contribution >= 4 is 39.8 Å². The molecule has 0 spiro atoms. The van der Waals surface area contributed by atoms with Crippen LogP contribution in [0, 0.1) is 0 Å². The third-order valence-electron chi connectivity index (χ3n) is 7.18. The molecule has 31 heavy (non-hydrogen) atoms. The van der Waals surface area contributed by atoms with Gasteiger partial charge in [-0.2, -0.15) is 0 Å². The lowest BCUT2D eigenvalue weighted by atomic mass is 9.77. The number of carbonyl (C=O) groups excluding carboxylic acids is 1. The van der Waals surface area contributed by atoms with Gasteiger partial charge in [-0.1, -0.05) is 6.07 Å². The van der Waals surface area contributed by atoms with E-state index in [-0.39, 0.29) is 11.7 Å². The van der Waals surface area contributed by atoms with Crippen LogP contribution in [0.5, 0.6) is 0 Å². The zero-order chi connectivity index (χ0) is 22.6. The second kappa shape index (κ2) is 7.72. The highest BCUT2D eigenvalue weighted by atomic mass is 32.2. The molecular weight excluding hydrogens is 415 g/mol. The zero-order valence-corrected chi connectivity index (χ0v) is 19.7. The molecule has 7 nitrogen and oxygen atoms in total. The van der Waals surface area contributed by atoms with Crippen molar-refractivity contribution in [1.82, 2.24) is 9.29 Å². The quantitative estimate of drug-likeness (QED) is 0.564. The Morgan fingerprint density at radius 2 is 1.77 bits per heavy atom. The molecule has 0 saturated carbocycles. The number of piperidine rings is 1. The summed E-state index contributed by atoms with van der Waals surface area (Å²) in [5.74, 6) is 0.357. The first-order chi connectivity index (χ1) is 14.5. The Bertz CT molecular complexity index is 1080. The molecule has 0 unspecified atom stereocenters. The van der Waals surface area contributed by atoms with Gasteiger partial charge in [-0.3, -0.25) is 4.79 Å². The fourth-order valence-electron chi connectivity index (χ4n) is 4.48. The number of hydrogen-bond acceptors (Lipinski definition) is 5. The lowest BCUT2D eigenvalue weighted by Crippen LogP contribution is -2.41. The molecule has 2 fully saturated rings. The number of aromatic nitrogens is 1. The van der Waals surface area contributed by atoms with Crippen LogP contribution in [0.3, 0.4) is 0 Å². The number of carbonyl (C=O) groups is 1. The highest BCUT2D eigenvalue weighted by Crippen LogP contribution is 2.38. The molecule has 3 heterocycles.